The minimum Gasteiger partial charge on any atom is -0.298 e. The van der Waals surface area contributed by atoms with Crippen LogP contribution >= 0.6 is 11.8 Å². The second-order valence-electron chi connectivity index (χ2n) is 5.46. The molecule has 1 aromatic carbocycles. The first-order valence-corrected chi connectivity index (χ1v) is 8.30. The van der Waals surface area contributed by atoms with E-state index in [2.05, 4.69) is 59.3 Å². The van der Waals surface area contributed by atoms with Crippen LogP contribution in [0.2, 0.25) is 0 Å². The first kappa shape index (κ1) is 13.7. The molecule has 0 N–H and O–H groups in total. The average molecular weight is 287 g/mol. The van der Waals surface area contributed by atoms with Crippen molar-refractivity contribution < 1.29 is 0 Å². The summed E-state index contributed by atoms with van der Waals surface area (Å²) in [4.78, 5) is 2.46. The van der Waals surface area contributed by atoms with Gasteiger partial charge >= 0.3 is 0 Å². The molecule has 2 aromatic rings. The molecule has 20 heavy (non-hydrogen) atoms. The van der Waals surface area contributed by atoms with Gasteiger partial charge in [-0.1, -0.05) is 30.3 Å². The van der Waals surface area contributed by atoms with Crippen molar-refractivity contribution in [3.63, 3.8) is 0 Å². The normalized spacial score (nSPS) is 18.8. The summed E-state index contributed by atoms with van der Waals surface area (Å²) in [7, 11) is 2.23. The summed E-state index contributed by atoms with van der Waals surface area (Å²) in [6.07, 6.45) is 5.49. The zero-order valence-corrected chi connectivity index (χ0v) is 12.7. The summed E-state index contributed by atoms with van der Waals surface area (Å²) in [5.41, 5.74) is 2.60. The van der Waals surface area contributed by atoms with Crippen LogP contribution in [-0.4, -0.2) is 39.3 Å². The van der Waals surface area contributed by atoms with Crippen molar-refractivity contribution in [2.75, 3.05) is 18.6 Å². The van der Waals surface area contributed by atoms with Crippen molar-refractivity contribution in [3.05, 3.63) is 53.9 Å². The van der Waals surface area contributed by atoms with Crippen LogP contribution in [0.5, 0.6) is 0 Å². The van der Waals surface area contributed by atoms with Crippen LogP contribution in [0.15, 0.2) is 42.7 Å². The van der Waals surface area contributed by atoms with Crippen LogP contribution < -0.4 is 0 Å². The summed E-state index contributed by atoms with van der Waals surface area (Å²) in [6.45, 7) is 1.85. The Kier molecular flexibility index (Phi) is 4.43. The van der Waals surface area contributed by atoms with Crippen LogP contribution in [-0.2, 0) is 13.1 Å². The molecular formula is C16H21N3S. The second-order valence-corrected chi connectivity index (χ2v) is 6.61. The largest absolute Gasteiger partial charge is 0.298 e. The zero-order chi connectivity index (χ0) is 13.8. The molecule has 0 amide bonds. The molecule has 0 radical (unpaired) electrons. The monoisotopic (exact) mass is 287 g/mol. The predicted molar refractivity (Wildman–Crippen MR) is 85.0 cm³/mol. The Morgan fingerprint density at radius 1 is 1.30 bits per heavy atom. The lowest BCUT2D eigenvalue weighted by atomic mass is 10.2. The van der Waals surface area contributed by atoms with E-state index in [9.17, 15) is 0 Å². The highest BCUT2D eigenvalue weighted by molar-refractivity contribution is 7.99. The Labute approximate surface area is 125 Å². The van der Waals surface area contributed by atoms with Crippen molar-refractivity contribution in [2.45, 2.75) is 25.6 Å². The molecular weight excluding hydrogens is 266 g/mol. The van der Waals surface area contributed by atoms with Gasteiger partial charge in [-0.25, -0.2) is 0 Å². The van der Waals surface area contributed by atoms with Crippen molar-refractivity contribution in [1.82, 2.24) is 14.7 Å². The highest BCUT2D eigenvalue weighted by Gasteiger charge is 2.20. The van der Waals surface area contributed by atoms with E-state index >= 15 is 0 Å². The molecule has 0 bridgehead atoms. The van der Waals surface area contributed by atoms with Crippen molar-refractivity contribution in [3.8, 4) is 0 Å². The molecule has 1 aliphatic heterocycles. The van der Waals surface area contributed by atoms with E-state index in [1.54, 1.807) is 0 Å². The van der Waals surface area contributed by atoms with E-state index in [1.165, 1.54) is 29.1 Å². The number of rotatable bonds is 5. The van der Waals surface area contributed by atoms with Gasteiger partial charge in [0.05, 0.1) is 12.7 Å². The average Bonchev–Trinajstić information content (AvgIpc) is 3.11. The van der Waals surface area contributed by atoms with Gasteiger partial charge in [-0.05, 0) is 24.8 Å². The van der Waals surface area contributed by atoms with Gasteiger partial charge in [0.1, 0.15) is 0 Å². The van der Waals surface area contributed by atoms with Crippen molar-refractivity contribution in [1.29, 1.82) is 0 Å². The van der Waals surface area contributed by atoms with Crippen LogP contribution in [0.3, 0.4) is 0 Å². The summed E-state index contributed by atoms with van der Waals surface area (Å²) in [5, 5.41) is 4.48. The minimum absolute atomic E-state index is 0.734. The fraction of sp³-hybridized carbons (Fsp3) is 0.438. The number of hydrogen-bond acceptors (Lipinski definition) is 3. The minimum atomic E-state index is 0.734. The molecule has 2 heterocycles. The fourth-order valence-electron chi connectivity index (χ4n) is 2.63. The van der Waals surface area contributed by atoms with Gasteiger partial charge in [0.25, 0.3) is 0 Å². The van der Waals surface area contributed by atoms with Gasteiger partial charge < -0.3 is 0 Å². The van der Waals surface area contributed by atoms with E-state index in [-0.39, 0.29) is 0 Å². The quantitative estimate of drug-likeness (QED) is 0.844. The lowest BCUT2D eigenvalue weighted by Gasteiger charge is -2.22. The fourth-order valence-corrected chi connectivity index (χ4v) is 3.93. The maximum Gasteiger partial charge on any atom is 0.0659 e. The van der Waals surface area contributed by atoms with E-state index in [0.29, 0.717) is 0 Å². The second kappa shape index (κ2) is 6.46. The number of hydrogen-bond donors (Lipinski definition) is 0. The molecule has 1 aliphatic rings. The standard InChI is InChI=1S/C16H21N3S/c1-18(16-7-8-20-13-16)10-15-9-17-19(12-15)11-14-5-3-2-4-6-14/h2-6,9,12,16H,7-8,10-11,13H2,1H3/t16-/m0/s1. The molecule has 1 aromatic heterocycles. The molecule has 0 unspecified atom stereocenters. The van der Waals surface area contributed by atoms with Gasteiger partial charge in [0, 0.05) is 30.1 Å². The first-order valence-electron chi connectivity index (χ1n) is 7.14. The predicted octanol–water partition coefficient (Wildman–Crippen LogP) is 2.87. The van der Waals surface area contributed by atoms with Gasteiger partial charge in [0.2, 0.25) is 0 Å². The molecule has 0 saturated carbocycles. The zero-order valence-electron chi connectivity index (χ0n) is 11.9. The third-order valence-corrected chi connectivity index (χ3v) is 4.98. The highest BCUT2D eigenvalue weighted by Crippen LogP contribution is 2.22. The van der Waals surface area contributed by atoms with Crippen LogP contribution in [0, 0.1) is 0 Å². The van der Waals surface area contributed by atoms with E-state index in [1.807, 2.05) is 16.9 Å². The van der Waals surface area contributed by atoms with Gasteiger partial charge in [0.15, 0.2) is 0 Å². The van der Waals surface area contributed by atoms with Gasteiger partial charge in [-0.3, -0.25) is 9.58 Å². The topological polar surface area (TPSA) is 21.1 Å². The maximum absolute atomic E-state index is 4.48. The molecule has 1 atom stereocenters. The summed E-state index contributed by atoms with van der Waals surface area (Å²) in [5.74, 6) is 2.58. The van der Waals surface area contributed by atoms with Crippen LogP contribution in [0.1, 0.15) is 17.5 Å². The SMILES string of the molecule is CN(Cc1cnn(Cc2ccccc2)c1)[C@H]1CCSC1. The molecule has 1 saturated heterocycles. The Morgan fingerprint density at radius 3 is 2.90 bits per heavy atom. The van der Waals surface area contributed by atoms with Crippen molar-refractivity contribution >= 4 is 11.8 Å². The Morgan fingerprint density at radius 2 is 2.15 bits per heavy atom. The summed E-state index contributed by atoms with van der Waals surface area (Å²) >= 11 is 2.07. The van der Waals surface area contributed by atoms with E-state index in [4.69, 9.17) is 0 Å². The molecule has 4 heteroatoms. The molecule has 3 rings (SSSR count). The molecule has 0 aliphatic carbocycles. The lowest BCUT2D eigenvalue weighted by Crippen LogP contribution is -2.30. The highest BCUT2D eigenvalue weighted by atomic mass is 32.2. The first-order chi connectivity index (χ1) is 9.81. The third-order valence-electron chi connectivity index (χ3n) is 3.84. The number of thioether (sulfide) groups is 1. The van der Waals surface area contributed by atoms with Gasteiger partial charge in [-0.2, -0.15) is 16.9 Å². The van der Waals surface area contributed by atoms with Crippen LogP contribution in [0.4, 0.5) is 0 Å². The van der Waals surface area contributed by atoms with Crippen molar-refractivity contribution in [2.24, 2.45) is 0 Å². The molecule has 3 nitrogen and oxygen atoms in total. The summed E-state index contributed by atoms with van der Waals surface area (Å²) < 4.78 is 2.03. The smallest absolute Gasteiger partial charge is 0.0659 e. The Hall–Kier alpha value is -1.26. The summed E-state index contributed by atoms with van der Waals surface area (Å²) in [6, 6.07) is 11.2. The maximum atomic E-state index is 4.48. The Bertz CT molecular complexity index is 532. The van der Waals surface area contributed by atoms with E-state index in [0.717, 1.165) is 19.1 Å². The molecule has 1 fully saturated rings. The Balaban J connectivity index is 1.59. The number of nitrogens with zero attached hydrogens (tertiary/aromatic N) is 3. The molecule has 0 spiro atoms. The third kappa shape index (κ3) is 3.44. The molecule has 106 valence electrons. The number of benzene rings is 1. The number of aromatic nitrogens is 2. The van der Waals surface area contributed by atoms with Crippen LogP contribution in [0.25, 0.3) is 0 Å². The van der Waals surface area contributed by atoms with Gasteiger partial charge in [-0.15, -0.1) is 0 Å². The van der Waals surface area contributed by atoms with E-state index < -0.39 is 0 Å². The lowest BCUT2D eigenvalue weighted by molar-refractivity contribution is 0.254.